The Morgan fingerprint density at radius 3 is 1.84 bits per heavy atom. The molecule has 1 aliphatic heterocycles. The molecule has 3 atom stereocenters. The number of hydrogen-bond donors (Lipinski definition) is 0. The van der Waals surface area contributed by atoms with Crippen molar-refractivity contribution < 1.29 is 14.3 Å². The lowest BCUT2D eigenvalue weighted by Crippen LogP contribution is -2.37. The molecule has 0 radical (unpaired) electrons. The van der Waals surface area contributed by atoms with E-state index in [1.54, 1.807) is 0 Å². The van der Waals surface area contributed by atoms with E-state index in [4.69, 9.17) is 9.47 Å². The average Bonchev–Trinajstić information content (AvgIpc) is 3.07. The fraction of sp³-hybridized carbons (Fsp3) is 0.809. The summed E-state index contributed by atoms with van der Waals surface area (Å²) in [5.74, 6) is 4.21. The zero-order valence-corrected chi connectivity index (χ0v) is 34.8. The third kappa shape index (κ3) is 17.6. The lowest BCUT2D eigenvalue weighted by atomic mass is 9.83. The van der Waals surface area contributed by atoms with Gasteiger partial charge in [0, 0.05) is 12.0 Å². The van der Waals surface area contributed by atoms with Gasteiger partial charge in [-0.05, 0) is 120 Å². The summed E-state index contributed by atoms with van der Waals surface area (Å²) < 4.78 is 12.9. The first-order valence-electron chi connectivity index (χ1n) is 21.6. The summed E-state index contributed by atoms with van der Waals surface area (Å²) in [7, 11) is 0. The van der Waals surface area contributed by atoms with E-state index in [-0.39, 0.29) is 11.6 Å². The van der Waals surface area contributed by atoms with Crippen molar-refractivity contribution >= 4 is 5.97 Å². The number of carbonyl (C=O) groups is 1. The molecule has 0 amide bonds. The van der Waals surface area contributed by atoms with Crippen LogP contribution in [-0.2, 0) is 11.2 Å². The van der Waals surface area contributed by atoms with Crippen LogP contribution in [0.2, 0.25) is 0 Å². The van der Waals surface area contributed by atoms with Crippen molar-refractivity contribution in [2.45, 2.75) is 228 Å². The maximum Gasteiger partial charge on any atom is 0.311 e. The summed E-state index contributed by atoms with van der Waals surface area (Å²) in [5, 5.41) is 0. The number of rotatable bonds is 28. The van der Waals surface area contributed by atoms with Crippen LogP contribution in [0.1, 0.15) is 218 Å². The van der Waals surface area contributed by atoms with Gasteiger partial charge in [-0.3, -0.25) is 4.79 Å². The second kappa shape index (κ2) is 25.2. The topological polar surface area (TPSA) is 35.5 Å². The summed E-state index contributed by atoms with van der Waals surface area (Å²) in [6.07, 6.45) is 35.5. The molecule has 0 aromatic heterocycles. The Kier molecular flexibility index (Phi) is 22.4. The van der Waals surface area contributed by atoms with Gasteiger partial charge in [0.1, 0.15) is 17.1 Å². The minimum atomic E-state index is -0.122. The van der Waals surface area contributed by atoms with Crippen molar-refractivity contribution in [3.63, 3.8) is 0 Å². The summed E-state index contributed by atoms with van der Waals surface area (Å²) >= 11 is 0. The van der Waals surface area contributed by atoms with Crippen molar-refractivity contribution in [1.29, 1.82) is 0 Å². The lowest BCUT2D eigenvalue weighted by molar-refractivity contribution is -0.134. The smallest absolute Gasteiger partial charge is 0.311 e. The van der Waals surface area contributed by atoms with Crippen LogP contribution in [0, 0.1) is 38.5 Å². The molecule has 0 fully saturated rings. The maximum absolute atomic E-state index is 12.9. The number of allylic oxidation sites excluding steroid dienone is 2. The normalized spacial score (nSPS) is 17.2. The number of fused-ring (bicyclic) bond motifs is 1. The van der Waals surface area contributed by atoms with Crippen LogP contribution in [0.5, 0.6) is 11.5 Å². The predicted molar refractivity (Wildman–Crippen MR) is 218 cm³/mol. The molecule has 0 unspecified atom stereocenters. The Bertz CT molecular complexity index is 1100. The Morgan fingerprint density at radius 2 is 1.24 bits per heavy atom. The number of carbonyl (C=O) groups excluding carboxylic acids is 1. The monoisotopic (exact) mass is 695 g/mol. The fourth-order valence-electron chi connectivity index (χ4n) is 7.92. The highest BCUT2D eigenvalue weighted by Gasteiger charge is 2.34. The van der Waals surface area contributed by atoms with Gasteiger partial charge in [0.15, 0.2) is 0 Å². The highest BCUT2D eigenvalue weighted by atomic mass is 16.5. The van der Waals surface area contributed by atoms with Crippen LogP contribution in [0.25, 0.3) is 0 Å². The van der Waals surface area contributed by atoms with Crippen molar-refractivity contribution in [1.82, 2.24) is 0 Å². The first kappa shape index (κ1) is 44.4. The van der Waals surface area contributed by atoms with Crippen LogP contribution in [0.15, 0.2) is 12.2 Å². The van der Waals surface area contributed by atoms with Crippen molar-refractivity contribution in [3.05, 3.63) is 34.4 Å². The molecule has 1 aliphatic rings. The van der Waals surface area contributed by atoms with E-state index in [0.29, 0.717) is 6.42 Å². The SMILES string of the molecule is CCCCCCCC/C=C\CCCCCCCC(=O)Oc1c(C)c(C)c2c(c1C)CC[C@@](C)(CCC[C@H](C)CCC[C@H](C)CCCC(C)C)O2. The Balaban J connectivity index is 1.69. The zero-order valence-electron chi connectivity index (χ0n) is 34.8. The quantitative estimate of drug-likeness (QED) is 0.0379. The number of unbranched alkanes of at least 4 members (excludes halogenated alkanes) is 11. The second-order valence-corrected chi connectivity index (χ2v) is 17.2. The highest BCUT2D eigenvalue weighted by molar-refractivity contribution is 5.74. The largest absolute Gasteiger partial charge is 0.487 e. The van der Waals surface area contributed by atoms with Gasteiger partial charge in [0.25, 0.3) is 0 Å². The molecule has 0 saturated carbocycles. The van der Waals surface area contributed by atoms with E-state index in [1.165, 1.54) is 128 Å². The molecule has 1 aromatic carbocycles. The van der Waals surface area contributed by atoms with E-state index in [0.717, 1.165) is 78.0 Å². The molecule has 0 saturated heterocycles. The van der Waals surface area contributed by atoms with Crippen LogP contribution < -0.4 is 9.47 Å². The molecule has 3 nitrogen and oxygen atoms in total. The Labute approximate surface area is 311 Å². The highest BCUT2D eigenvalue weighted by Crippen LogP contribution is 2.45. The molecule has 0 N–H and O–H groups in total. The molecule has 1 aromatic rings. The first-order valence-corrected chi connectivity index (χ1v) is 21.6. The van der Waals surface area contributed by atoms with Gasteiger partial charge in [-0.25, -0.2) is 0 Å². The molecular formula is C47H82O3. The minimum absolute atomic E-state index is 0.0931. The number of benzene rings is 1. The number of ether oxygens (including phenoxy) is 2. The zero-order chi connectivity index (χ0) is 36.8. The molecule has 288 valence electrons. The average molecular weight is 695 g/mol. The summed E-state index contributed by atoms with van der Waals surface area (Å²) in [6.45, 7) is 20.5. The van der Waals surface area contributed by atoms with Gasteiger partial charge in [-0.1, -0.05) is 143 Å². The van der Waals surface area contributed by atoms with Gasteiger partial charge < -0.3 is 9.47 Å². The second-order valence-electron chi connectivity index (χ2n) is 17.2. The van der Waals surface area contributed by atoms with Crippen LogP contribution >= 0.6 is 0 Å². The van der Waals surface area contributed by atoms with Crippen LogP contribution in [0.3, 0.4) is 0 Å². The maximum atomic E-state index is 12.9. The lowest BCUT2D eigenvalue weighted by Gasteiger charge is -2.38. The van der Waals surface area contributed by atoms with Gasteiger partial charge in [0.05, 0.1) is 0 Å². The Morgan fingerprint density at radius 1 is 0.700 bits per heavy atom. The minimum Gasteiger partial charge on any atom is -0.487 e. The van der Waals surface area contributed by atoms with Crippen molar-refractivity contribution in [2.24, 2.45) is 17.8 Å². The molecule has 0 bridgehead atoms. The van der Waals surface area contributed by atoms with Crippen LogP contribution in [-0.4, -0.2) is 11.6 Å². The van der Waals surface area contributed by atoms with E-state index in [2.05, 4.69) is 74.5 Å². The molecule has 1 heterocycles. The number of hydrogen-bond acceptors (Lipinski definition) is 3. The standard InChI is InChI=1S/C47H82O3/c1-10-11-12-13-14-15-16-17-18-19-20-21-22-23-24-33-44(48)49-45-40(6)41(7)46-43(42(45)8)34-36-47(9,50-46)35-27-32-39(5)31-26-30-38(4)29-25-28-37(2)3/h17-18,37-39H,10-16,19-36H2,1-9H3/b18-17-/t38-,39-,47-/m1/s1. The van der Waals surface area contributed by atoms with E-state index in [1.807, 2.05) is 0 Å². The molecule has 3 heteroatoms. The van der Waals surface area contributed by atoms with E-state index in [9.17, 15) is 4.79 Å². The van der Waals surface area contributed by atoms with E-state index < -0.39 is 0 Å². The van der Waals surface area contributed by atoms with Crippen molar-refractivity contribution in [3.8, 4) is 11.5 Å². The van der Waals surface area contributed by atoms with Crippen molar-refractivity contribution in [2.75, 3.05) is 0 Å². The molecule has 2 rings (SSSR count). The van der Waals surface area contributed by atoms with E-state index >= 15 is 0 Å². The first-order chi connectivity index (χ1) is 24.0. The molecular weight excluding hydrogens is 613 g/mol. The van der Waals surface area contributed by atoms with Gasteiger partial charge in [-0.2, -0.15) is 0 Å². The van der Waals surface area contributed by atoms with Crippen LogP contribution in [0.4, 0.5) is 0 Å². The predicted octanol–water partition coefficient (Wildman–Crippen LogP) is 15.1. The van der Waals surface area contributed by atoms with Gasteiger partial charge in [0.2, 0.25) is 0 Å². The summed E-state index contributed by atoms with van der Waals surface area (Å²) in [5.41, 5.74) is 4.40. The molecule has 0 spiro atoms. The summed E-state index contributed by atoms with van der Waals surface area (Å²) in [6, 6.07) is 0. The third-order valence-corrected chi connectivity index (χ3v) is 11.7. The third-order valence-electron chi connectivity index (χ3n) is 11.7. The number of esters is 1. The molecule has 0 aliphatic carbocycles. The summed E-state index contributed by atoms with van der Waals surface area (Å²) in [4.78, 5) is 12.9. The Hall–Kier alpha value is -1.77. The fourth-order valence-corrected chi connectivity index (χ4v) is 7.92. The molecule has 50 heavy (non-hydrogen) atoms. The van der Waals surface area contributed by atoms with Gasteiger partial charge >= 0.3 is 5.97 Å². The van der Waals surface area contributed by atoms with Gasteiger partial charge in [-0.15, -0.1) is 0 Å².